The fourth-order valence-corrected chi connectivity index (χ4v) is 1.62. The molecule has 0 bridgehead atoms. The molecule has 0 saturated heterocycles. The normalized spacial score (nSPS) is 13.3. The van der Waals surface area contributed by atoms with Crippen molar-refractivity contribution in [2.24, 2.45) is 7.05 Å². The van der Waals surface area contributed by atoms with Gasteiger partial charge in [0.1, 0.15) is 0 Å². The average Bonchev–Trinajstić information content (AvgIpc) is 2.58. The summed E-state index contributed by atoms with van der Waals surface area (Å²) in [5.74, 6) is 0. The van der Waals surface area contributed by atoms with E-state index in [1.54, 1.807) is 6.20 Å². The Balaban J connectivity index is 2.10. The van der Waals surface area contributed by atoms with Crippen LogP contribution >= 0.6 is 0 Å². The van der Waals surface area contributed by atoms with Crippen LogP contribution in [-0.2, 0) is 13.5 Å². The van der Waals surface area contributed by atoms with Gasteiger partial charge in [-0.25, -0.2) is 0 Å². The summed E-state index contributed by atoms with van der Waals surface area (Å²) in [7, 11) is 5.86. The van der Waals surface area contributed by atoms with Crippen molar-refractivity contribution in [2.45, 2.75) is 12.5 Å². The second-order valence-electron chi connectivity index (χ2n) is 4.32. The van der Waals surface area contributed by atoms with E-state index in [4.69, 9.17) is 0 Å². The van der Waals surface area contributed by atoms with Crippen LogP contribution in [0, 0.1) is 0 Å². The molecule has 92 valence electrons. The Hall–Kier alpha value is -0.910. The molecule has 1 heterocycles. The predicted molar refractivity (Wildman–Crippen MR) is 64.3 cm³/mol. The molecule has 1 atom stereocenters. The van der Waals surface area contributed by atoms with Crippen LogP contribution in [0.25, 0.3) is 0 Å². The van der Waals surface area contributed by atoms with Gasteiger partial charge < -0.3 is 15.3 Å². The maximum absolute atomic E-state index is 9.61. The van der Waals surface area contributed by atoms with Crippen LogP contribution in [0.5, 0.6) is 0 Å². The summed E-state index contributed by atoms with van der Waals surface area (Å²) in [4.78, 5) is 1.98. The molecule has 0 aliphatic carbocycles. The van der Waals surface area contributed by atoms with Crippen molar-refractivity contribution < 1.29 is 5.11 Å². The number of rotatable bonds is 7. The van der Waals surface area contributed by atoms with Gasteiger partial charge in [0.2, 0.25) is 0 Å². The first-order valence-corrected chi connectivity index (χ1v) is 5.60. The van der Waals surface area contributed by atoms with E-state index >= 15 is 0 Å². The van der Waals surface area contributed by atoms with E-state index in [1.165, 1.54) is 5.69 Å². The van der Waals surface area contributed by atoms with E-state index in [1.807, 2.05) is 36.8 Å². The lowest BCUT2D eigenvalue weighted by Gasteiger charge is -2.16. The summed E-state index contributed by atoms with van der Waals surface area (Å²) < 4.78 is 1.87. The molecule has 0 amide bonds. The summed E-state index contributed by atoms with van der Waals surface area (Å²) in [6.45, 7) is 2.19. The highest BCUT2D eigenvalue weighted by Crippen LogP contribution is 1.96. The molecule has 1 unspecified atom stereocenters. The minimum atomic E-state index is -0.304. The number of aliphatic hydroxyl groups excluding tert-OH is 1. The van der Waals surface area contributed by atoms with Crippen molar-refractivity contribution in [3.05, 3.63) is 18.0 Å². The highest BCUT2D eigenvalue weighted by molar-refractivity contribution is 5.00. The van der Waals surface area contributed by atoms with Gasteiger partial charge in [0.25, 0.3) is 0 Å². The van der Waals surface area contributed by atoms with Crippen molar-refractivity contribution in [2.75, 3.05) is 33.7 Å². The molecule has 0 saturated carbocycles. The molecule has 0 aromatic carbocycles. The monoisotopic (exact) mass is 226 g/mol. The van der Waals surface area contributed by atoms with Crippen molar-refractivity contribution in [3.8, 4) is 0 Å². The van der Waals surface area contributed by atoms with E-state index in [0.717, 1.165) is 13.0 Å². The molecule has 0 aliphatic rings. The molecular weight excluding hydrogens is 204 g/mol. The number of likely N-dealkylation sites (N-methyl/N-ethyl adjacent to an activating group) is 1. The second kappa shape index (κ2) is 6.62. The number of aryl methyl sites for hydroxylation is 1. The number of aromatic nitrogens is 2. The zero-order chi connectivity index (χ0) is 12.0. The van der Waals surface area contributed by atoms with Crippen molar-refractivity contribution in [1.29, 1.82) is 0 Å². The van der Waals surface area contributed by atoms with Crippen LogP contribution in [0.15, 0.2) is 12.3 Å². The third kappa shape index (κ3) is 4.74. The zero-order valence-electron chi connectivity index (χ0n) is 10.3. The van der Waals surface area contributed by atoms with Crippen LogP contribution in [0.1, 0.15) is 5.69 Å². The van der Waals surface area contributed by atoms with Crippen LogP contribution in [0.2, 0.25) is 0 Å². The Morgan fingerprint density at radius 1 is 1.56 bits per heavy atom. The highest BCUT2D eigenvalue weighted by atomic mass is 16.3. The molecule has 0 fully saturated rings. The zero-order valence-corrected chi connectivity index (χ0v) is 10.3. The quantitative estimate of drug-likeness (QED) is 0.614. The maximum atomic E-state index is 9.61. The number of nitrogens with one attached hydrogen (secondary N) is 1. The third-order valence-corrected chi connectivity index (χ3v) is 2.44. The smallest absolute Gasteiger partial charge is 0.0791 e. The summed E-state index contributed by atoms with van der Waals surface area (Å²) in [5, 5.41) is 17.0. The maximum Gasteiger partial charge on any atom is 0.0791 e. The SMILES string of the molecule is CN(C)CC(O)CNCCc1ccnn1C. The molecule has 5 heteroatoms. The Morgan fingerprint density at radius 2 is 2.31 bits per heavy atom. The molecule has 0 aliphatic heterocycles. The van der Waals surface area contributed by atoms with Crippen LogP contribution in [0.3, 0.4) is 0 Å². The van der Waals surface area contributed by atoms with Crippen LogP contribution in [0.4, 0.5) is 0 Å². The number of hydrogen-bond acceptors (Lipinski definition) is 4. The summed E-state index contributed by atoms with van der Waals surface area (Å²) in [6.07, 6.45) is 2.43. The fraction of sp³-hybridized carbons (Fsp3) is 0.727. The minimum absolute atomic E-state index is 0.304. The first kappa shape index (κ1) is 13.2. The largest absolute Gasteiger partial charge is 0.390 e. The molecule has 2 N–H and O–H groups in total. The molecule has 5 nitrogen and oxygen atoms in total. The average molecular weight is 226 g/mol. The lowest BCUT2D eigenvalue weighted by atomic mass is 10.3. The van der Waals surface area contributed by atoms with E-state index in [2.05, 4.69) is 10.4 Å². The van der Waals surface area contributed by atoms with E-state index in [-0.39, 0.29) is 6.10 Å². The van der Waals surface area contributed by atoms with E-state index in [0.29, 0.717) is 13.1 Å². The van der Waals surface area contributed by atoms with Gasteiger partial charge in [-0.3, -0.25) is 4.68 Å². The molecular formula is C11H22N4O. The van der Waals surface area contributed by atoms with E-state index in [9.17, 15) is 5.11 Å². The molecule has 0 radical (unpaired) electrons. The first-order chi connectivity index (χ1) is 7.59. The van der Waals surface area contributed by atoms with Gasteiger partial charge in [-0.05, 0) is 20.2 Å². The molecule has 0 spiro atoms. The molecule has 1 rings (SSSR count). The Kier molecular flexibility index (Phi) is 5.45. The Labute approximate surface area is 97.1 Å². The Morgan fingerprint density at radius 3 is 2.88 bits per heavy atom. The number of hydrogen-bond donors (Lipinski definition) is 2. The lowest BCUT2D eigenvalue weighted by molar-refractivity contribution is 0.135. The van der Waals surface area contributed by atoms with Crippen molar-refractivity contribution in [1.82, 2.24) is 20.0 Å². The van der Waals surface area contributed by atoms with Crippen LogP contribution in [-0.4, -0.2) is 59.6 Å². The van der Waals surface area contributed by atoms with Gasteiger partial charge in [0.05, 0.1) is 6.10 Å². The van der Waals surface area contributed by atoms with Gasteiger partial charge in [0.15, 0.2) is 0 Å². The molecule has 16 heavy (non-hydrogen) atoms. The minimum Gasteiger partial charge on any atom is -0.390 e. The first-order valence-electron chi connectivity index (χ1n) is 5.60. The van der Waals surface area contributed by atoms with Crippen molar-refractivity contribution >= 4 is 0 Å². The predicted octanol–water partition coefficient (Wildman–Crippen LogP) is -0.525. The highest BCUT2D eigenvalue weighted by Gasteiger charge is 2.04. The summed E-state index contributed by atoms with van der Waals surface area (Å²) >= 11 is 0. The van der Waals surface area contributed by atoms with Gasteiger partial charge in [-0.1, -0.05) is 0 Å². The molecule has 1 aromatic heterocycles. The molecule has 1 aromatic rings. The summed E-state index contributed by atoms with van der Waals surface area (Å²) in [6, 6.07) is 2.01. The van der Waals surface area contributed by atoms with Gasteiger partial charge >= 0.3 is 0 Å². The second-order valence-corrected chi connectivity index (χ2v) is 4.32. The van der Waals surface area contributed by atoms with E-state index < -0.39 is 0 Å². The Bertz CT molecular complexity index is 298. The standard InChI is InChI=1S/C11H22N4O/c1-14(2)9-11(16)8-12-6-4-10-5-7-13-15(10)3/h5,7,11-12,16H,4,6,8-9H2,1-3H3. The third-order valence-electron chi connectivity index (χ3n) is 2.44. The lowest BCUT2D eigenvalue weighted by Crippen LogP contribution is -2.35. The van der Waals surface area contributed by atoms with Gasteiger partial charge in [0, 0.05) is 45.0 Å². The van der Waals surface area contributed by atoms with Gasteiger partial charge in [-0.15, -0.1) is 0 Å². The number of nitrogens with zero attached hydrogens (tertiary/aromatic N) is 3. The topological polar surface area (TPSA) is 53.3 Å². The fourth-order valence-electron chi connectivity index (χ4n) is 1.62. The van der Waals surface area contributed by atoms with Crippen molar-refractivity contribution in [3.63, 3.8) is 0 Å². The van der Waals surface area contributed by atoms with Gasteiger partial charge in [-0.2, -0.15) is 5.10 Å². The van der Waals surface area contributed by atoms with Crippen LogP contribution < -0.4 is 5.32 Å². The number of aliphatic hydroxyl groups is 1. The summed E-state index contributed by atoms with van der Waals surface area (Å²) in [5.41, 5.74) is 1.20.